The number of thiophene rings is 1. The fraction of sp³-hybridized carbons (Fsp3) is 0.357. The van der Waals surface area contributed by atoms with Gasteiger partial charge in [-0.2, -0.15) is 18.3 Å². The number of benzene rings is 1. The molecule has 0 bridgehead atoms. The topological polar surface area (TPSA) is 85.6 Å². The highest BCUT2D eigenvalue weighted by molar-refractivity contribution is 7.17. The van der Waals surface area contributed by atoms with Crippen LogP contribution in [0.1, 0.15) is 64.2 Å². The molecule has 7 nitrogen and oxygen atoms in total. The highest BCUT2D eigenvalue weighted by atomic mass is 35.5. The molecule has 0 saturated heterocycles. The molecule has 1 aliphatic rings. The number of carbonyl (C=O) groups is 2. The number of amides is 1. The fourth-order valence-electron chi connectivity index (χ4n) is 4.99. The van der Waals surface area contributed by atoms with E-state index in [9.17, 15) is 22.8 Å². The van der Waals surface area contributed by atoms with E-state index in [0.29, 0.717) is 22.4 Å². The van der Waals surface area contributed by atoms with Crippen LogP contribution < -0.4 is 5.32 Å². The van der Waals surface area contributed by atoms with Crippen LogP contribution in [0.2, 0.25) is 5.02 Å². The van der Waals surface area contributed by atoms with Crippen molar-refractivity contribution in [3.63, 3.8) is 0 Å². The average molecular weight is 591 g/mol. The Morgan fingerprint density at radius 1 is 1.18 bits per heavy atom. The van der Waals surface area contributed by atoms with Gasteiger partial charge in [-0.15, -0.1) is 11.3 Å². The lowest BCUT2D eigenvalue weighted by Gasteiger charge is -2.33. The van der Waals surface area contributed by atoms with Crippen molar-refractivity contribution in [3.05, 3.63) is 68.8 Å². The van der Waals surface area contributed by atoms with Crippen molar-refractivity contribution in [3.8, 4) is 11.3 Å². The molecule has 1 amide bonds. The summed E-state index contributed by atoms with van der Waals surface area (Å²) in [6.45, 7) is 6.49. The summed E-state index contributed by atoms with van der Waals surface area (Å²) >= 11 is 7.70. The van der Waals surface area contributed by atoms with Gasteiger partial charge in [-0.25, -0.2) is 14.3 Å². The summed E-state index contributed by atoms with van der Waals surface area (Å²) in [7, 11) is 1.26. The van der Waals surface area contributed by atoms with Crippen molar-refractivity contribution >= 4 is 45.5 Å². The fourth-order valence-corrected chi connectivity index (χ4v) is 6.55. The van der Waals surface area contributed by atoms with Crippen LogP contribution in [0.4, 0.5) is 18.2 Å². The number of esters is 1. The zero-order chi connectivity index (χ0) is 29.0. The summed E-state index contributed by atoms with van der Waals surface area (Å²) in [4.78, 5) is 31.4. The van der Waals surface area contributed by atoms with Gasteiger partial charge in [-0.1, -0.05) is 62.7 Å². The third-order valence-corrected chi connectivity index (χ3v) is 8.73. The maximum absolute atomic E-state index is 14.0. The minimum atomic E-state index is -4.80. The molecule has 12 heteroatoms. The highest BCUT2D eigenvalue weighted by Gasteiger charge is 2.38. The van der Waals surface area contributed by atoms with Gasteiger partial charge in [0, 0.05) is 10.4 Å². The van der Waals surface area contributed by atoms with Crippen LogP contribution in [-0.4, -0.2) is 33.6 Å². The van der Waals surface area contributed by atoms with Crippen molar-refractivity contribution in [1.82, 2.24) is 14.6 Å². The molecule has 0 saturated carbocycles. The van der Waals surface area contributed by atoms with Crippen LogP contribution in [0.25, 0.3) is 16.9 Å². The first-order chi connectivity index (χ1) is 18.8. The summed E-state index contributed by atoms with van der Waals surface area (Å²) in [6, 6.07) is 9.18. The van der Waals surface area contributed by atoms with Gasteiger partial charge in [0.15, 0.2) is 17.0 Å². The van der Waals surface area contributed by atoms with Crippen LogP contribution in [-0.2, 0) is 23.8 Å². The number of hydrogen-bond acceptors (Lipinski definition) is 6. The standard InChI is InChI=1S/C28H26ClF3N4O3S/c1-27(2,3)15-10-11-16-18(12-15)40-25(20(16)26(38)39-4)34-24(37)22-21(29)23-33-17(14-8-6-5-7-9-14)13-19(28(30,31)32)36(23)35-22/h5-9,13,15H,10-12H2,1-4H3,(H,34,37)/t15-/m1/s1. The summed E-state index contributed by atoms with van der Waals surface area (Å²) in [5.74, 6) is -1.08. The largest absolute Gasteiger partial charge is 0.465 e. The number of halogens is 4. The van der Waals surface area contributed by atoms with E-state index in [1.165, 1.54) is 18.4 Å². The first-order valence-corrected chi connectivity index (χ1v) is 13.7. The van der Waals surface area contributed by atoms with Gasteiger partial charge >= 0.3 is 12.1 Å². The van der Waals surface area contributed by atoms with Crippen molar-refractivity contribution in [1.29, 1.82) is 0 Å². The molecule has 5 rings (SSSR count). The van der Waals surface area contributed by atoms with Gasteiger partial charge in [-0.05, 0) is 42.2 Å². The van der Waals surface area contributed by atoms with Gasteiger partial charge in [0.25, 0.3) is 5.91 Å². The van der Waals surface area contributed by atoms with Crippen molar-refractivity contribution < 1.29 is 27.5 Å². The summed E-state index contributed by atoms with van der Waals surface area (Å²) in [6.07, 6.45) is -2.55. The van der Waals surface area contributed by atoms with Crippen molar-refractivity contribution in [2.24, 2.45) is 11.3 Å². The molecule has 0 unspecified atom stereocenters. The highest BCUT2D eigenvalue weighted by Crippen LogP contribution is 2.45. The molecule has 210 valence electrons. The SMILES string of the molecule is COC(=O)c1c(NC(=O)c2nn3c(C(F)(F)F)cc(-c4ccccc4)nc3c2Cl)sc2c1CC[C@@H](C(C)(C)C)C2. The van der Waals surface area contributed by atoms with Crippen LogP contribution in [0.5, 0.6) is 0 Å². The van der Waals surface area contributed by atoms with Crippen LogP contribution in [0.15, 0.2) is 36.4 Å². The first-order valence-electron chi connectivity index (χ1n) is 12.6. The second-order valence-corrected chi connectivity index (χ2v) is 12.2. The van der Waals surface area contributed by atoms with E-state index in [-0.39, 0.29) is 32.3 Å². The Hall–Kier alpha value is -3.44. The number of alkyl halides is 3. The number of anilines is 1. The Morgan fingerprint density at radius 3 is 2.50 bits per heavy atom. The van der Waals surface area contributed by atoms with Gasteiger partial charge in [0.05, 0.1) is 18.4 Å². The molecular weight excluding hydrogens is 565 g/mol. The third-order valence-electron chi connectivity index (χ3n) is 7.21. The molecule has 0 radical (unpaired) electrons. The maximum atomic E-state index is 14.0. The summed E-state index contributed by atoms with van der Waals surface area (Å²) in [5.41, 5.74) is -0.284. The predicted molar refractivity (Wildman–Crippen MR) is 147 cm³/mol. The molecule has 1 atom stereocenters. The van der Waals surface area contributed by atoms with Crippen LogP contribution in [0, 0.1) is 11.3 Å². The number of hydrogen-bond donors (Lipinski definition) is 1. The summed E-state index contributed by atoms with van der Waals surface area (Å²) in [5, 5.41) is 6.49. The number of nitrogens with zero attached hydrogens (tertiary/aromatic N) is 3. The van der Waals surface area contributed by atoms with Gasteiger partial charge < -0.3 is 10.1 Å². The van der Waals surface area contributed by atoms with E-state index in [4.69, 9.17) is 16.3 Å². The molecule has 1 N–H and O–H groups in total. The second-order valence-electron chi connectivity index (χ2n) is 10.7. The van der Waals surface area contributed by atoms with Crippen LogP contribution >= 0.6 is 22.9 Å². The number of aromatic nitrogens is 3. The number of nitrogens with one attached hydrogen (secondary N) is 1. The number of rotatable bonds is 4. The van der Waals surface area contributed by atoms with Crippen LogP contribution in [0.3, 0.4) is 0 Å². The molecule has 3 aromatic heterocycles. The lowest BCUT2D eigenvalue weighted by Crippen LogP contribution is -2.26. The number of ether oxygens (including phenoxy) is 1. The maximum Gasteiger partial charge on any atom is 0.433 e. The van der Waals surface area contributed by atoms with Crippen molar-refractivity contribution in [2.75, 3.05) is 12.4 Å². The van der Waals surface area contributed by atoms with Gasteiger partial charge in [0.2, 0.25) is 0 Å². The lowest BCUT2D eigenvalue weighted by atomic mass is 9.72. The monoisotopic (exact) mass is 590 g/mol. The molecule has 0 aliphatic heterocycles. The Balaban J connectivity index is 1.57. The normalized spacial score (nSPS) is 15.7. The quantitative estimate of drug-likeness (QED) is 0.252. The first kappa shape index (κ1) is 28.1. The third kappa shape index (κ3) is 5.08. The average Bonchev–Trinajstić information content (AvgIpc) is 3.43. The molecule has 3 heterocycles. The molecule has 1 aliphatic carbocycles. The van der Waals surface area contributed by atoms with E-state index in [2.05, 4.69) is 36.2 Å². The van der Waals surface area contributed by atoms with Gasteiger partial charge in [0.1, 0.15) is 10.0 Å². The van der Waals surface area contributed by atoms with Gasteiger partial charge in [-0.3, -0.25) is 4.79 Å². The predicted octanol–water partition coefficient (Wildman–Crippen LogP) is 7.32. The van der Waals surface area contributed by atoms with E-state index in [1.54, 1.807) is 30.3 Å². The molecule has 0 fully saturated rings. The number of carbonyl (C=O) groups excluding carboxylic acids is 2. The molecule has 0 spiro atoms. The van der Waals surface area contributed by atoms with E-state index in [1.807, 2.05) is 0 Å². The van der Waals surface area contributed by atoms with Crippen molar-refractivity contribution in [2.45, 2.75) is 46.2 Å². The number of fused-ring (bicyclic) bond motifs is 2. The Bertz CT molecular complexity index is 1620. The smallest absolute Gasteiger partial charge is 0.433 e. The second kappa shape index (κ2) is 10.2. The Kier molecular flexibility index (Phi) is 7.16. The summed E-state index contributed by atoms with van der Waals surface area (Å²) < 4.78 is 47.7. The van der Waals surface area contributed by atoms with E-state index >= 15 is 0 Å². The minimum absolute atomic E-state index is 0.0292. The Labute approximate surface area is 237 Å². The zero-order valence-electron chi connectivity index (χ0n) is 22.1. The number of methoxy groups -OCH3 is 1. The van der Waals surface area contributed by atoms with E-state index < -0.39 is 29.4 Å². The lowest BCUT2D eigenvalue weighted by molar-refractivity contribution is -0.142. The molecular formula is C28H26ClF3N4O3S. The van der Waals surface area contributed by atoms with E-state index in [0.717, 1.165) is 29.3 Å². The molecule has 40 heavy (non-hydrogen) atoms. The minimum Gasteiger partial charge on any atom is -0.465 e. The Morgan fingerprint density at radius 2 is 1.88 bits per heavy atom. The zero-order valence-corrected chi connectivity index (χ0v) is 23.7. The molecule has 4 aromatic rings. The molecule has 1 aromatic carbocycles.